The highest BCUT2D eigenvalue weighted by Gasteiger charge is 2.20. The van der Waals surface area contributed by atoms with Gasteiger partial charge in [0, 0.05) is 15.3 Å². The minimum Gasteiger partial charge on any atom is -0.495 e. The van der Waals surface area contributed by atoms with Gasteiger partial charge < -0.3 is 10.1 Å². The van der Waals surface area contributed by atoms with Crippen LogP contribution in [-0.4, -0.2) is 28.2 Å². The molecule has 0 saturated carbocycles. The number of hydrogen-bond donors (Lipinski definition) is 1. The number of hydrogen-bond acceptors (Lipinski definition) is 6. The lowest BCUT2D eigenvalue weighted by Crippen LogP contribution is -2.22. The van der Waals surface area contributed by atoms with Gasteiger partial charge in [0.05, 0.1) is 18.0 Å². The zero-order chi connectivity index (χ0) is 18.8. The number of rotatable bonds is 5. The first kappa shape index (κ1) is 18.9. The molecule has 3 aromatic rings. The molecule has 1 atom stereocenters. The van der Waals surface area contributed by atoms with Gasteiger partial charge in [-0.2, -0.15) is 0 Å². The summed E-state index contributed by atoms with van der Waals surface area (Å²) in [5.41, 5.74) is 1.71. The van der Waals surface area contributed by atoms with E-state index in [0.717, 1.165) is 20.8 Å². The Balaban J connectivity index is 1.81. The molecule has 3 rings (SSSR count). The zero-order valence-corrected chi connectivity index (χ0v) is 17.2. The Morgan fingerprint density at radius 1 is 1.35 bits per heavy atom. The topological polar surface area (TPSA) is 64.1 Å². The van der Waals surface area contributed by atoms with Gasteiger partial charge >= 0.3 is 0 Å². The van der Waals surface area contributed by atoms with Crippen molar-refractivity contribution in [3.05, 3.63) is 40.0 Å². The number of ether oxygens (including phenoxy) is 1. The smallest absolute Gasteiger partial charge is 0.237 e. The Bertz CT molecular complexity index is 974. The van der Waals surface area contributed by atoms with Crippen LogP contribution in [0.5, 0.6) is 5.75 Å². The number of halogens is 1. The maximum Gasteiger partial charge on any atom is 0.237 e. The molecule has 2 aromatic heterocycles. The van der Waals surface area contributed by atoms with Crippen molar-refractivity contribution in [2.45, 2.75) is 31.0 Å². The molecule has 0 aliphatic heterocycles. The summed E-state index contributed by atoms with van der Waals surface area (Å²) in [6.07, 6.45) is 1.55. The second-order valence-electron chi connectivity index (χ2n) is 5.74. The standard InChI is InChI=1S/C18H18ClN3O2S2/c1-9-10(2)25-17-15(9)18(21-8-20-17)26-11(3)16(23)22-13-7-12(19)5-6-14(13)24-4/h5-8,11H,1-4H3,(H,22,23). The lowest BCUT2D eigenvalue weighted by molar-refractivity contribution is -0.115. The Kier molecular flexibility index (Phi) is 5.70. The average Bonchev–Trinajstić information content (AvgIpc) is 2.90. The Hall–Kier alpha value is -1.83. The van der Waals surface area contributed by atoms with E-state index < -0.39 is 0 Å². The van der Waals surface area contributed by atoms with Gasteiger partial charge in [0.1, 0.15) is 21.9 Å². The summed E-state index contributed by atoms with van der Waals surface area (Å²) >= 11 is 9.08. The number of fused-ring (bicyclic) bond motifs is 1. The summed E-state index contributed by atoms with van der Waals surface area (Å²) in [4.78, 5) is 23.5. The molecule has 0 spiro atoms. The molecular weight excluding hydrogens is 390 g/mol. The van der Waals surface area contributed by atoms with Gasteiger partial charge in [0.25, 0.3) is 0 Å². The normalized spacial score (nSPS) is 12.2. The highest BCUT2D eigenvalue weighted by atomic mass is 35.5. The fourth-order valence-electron chi connectivity index (χ4n) is 2.47. The summed E-state index contributed by atoms with van der Waals surface area (Å²) < 4.78 is 5.28. The number of amides is 1. The molecule has 1 unspecified atom stereocenters. The van der Waals surface area contributed by atoms with Crippen LogP contribution in [0.2, 0.25) is 5.02 Å². The third-order valence-electron chi connectivity index (χ3n) is 4.01. The number of benzene rings is 1. The number of carbonyl (C=O) groups excluding carboxylic acids is 1. The van der Waals surface area contributed by atoms with Crippen LogP contribution in [0.1, 0.15) is 17.4 Å². The zero-order valence-electron chi connectivity index (χ0n) is 14.8. The van der Waals surface area contributed by atoms with E-state index in [2.05, 4.69) is 29.1 Å². The van der Waals surface area contributed by atoms with E-state index in [9.17, 15) is 4.79 Å². The van der Waals surface area contributed by atoms with Crippen molar-refractivity contribution in [2.75, 3.05) is 12.4 Å². The molecule has 2 heterocycles. The van der Waals surface area contributed by atoms with Crippen LogP contribution in [0.3, 0.4) is 0 Å². The molecule has 136 valence electrons. The minimum absolute atomic E-state index is 0.146. The predicted molar refractivity (Wildman–Crippen MR) is 109 cm³/mol. The Labute approximate surface area is 165 Å². The van der Waals surface area contributed by atoms with Crippen LogP contribution in [0.25, 0.3) is 10.2 Å². The molecule has 0 aliphatic carbocycles. The number of aromatic nitrogens is 2. The molecule has 0 radical (unpaired) electrons. The van der Waals surface area contributed by atoms with Gasteiger partial charge in [-0.25, -0.2) is 9.97 Å². The fraction of sp³-hybridized carbons (Fsp3) is 0.278. The van der Waals surface area contributed by atoms with E-state index >= 15 is 0 Å². The van der Waals surface area contributed by atoms with Crippen LogP contribution < -0.4 is 10.1 Å². The summed E-state index contributed by atoms with van der Waals surface area (Å²) in [5, 5.41) is 4.91. The van der Waals surface area contributed by atoms with E-state index in [1.807, 2.05) is 6.92 Å². The van der Waals surface area contributed by atoms with Gasteiger partial charge in [0.15, 0.2) is 0 Å². The summed E-state index contributed by atoms with van der Waals surface area (Å²) in [7, 11) is 1.55. The minimum atomic E-state index is -0.351. The van der Waals surface area contributed by atoms with Crippen LogP contribution in [-0.2, 0) is 4.79 Å². The van der Waals surface area contributed by atoms with E-state index in [1.165, 1.54) is 16.6 Å². The first-order valence-electron chi connectivity index (χ1n) is 7.92. The predicted octanol–water partition coefficient (Wildman–Crippen LogP) is 5.09. The average molecular weight is 408 g/mol. The lowest BCUT2D eigenvalue weighted by atomic mass is 10.2. The fourth-order valence-corrected chi connectivity index (χ4v) is 4.68. The van der Waals surface area contributed by atoms with E-state index in [0.29, 0.717) is 16.5 Å². The van der Waals surface area contributed by atoms with Crippen molar-refractivity contribution in [1.82, 2.24) is 9.97 Å². The number of methoxy groups -OCH3 is 1. The van der Waals surface area contributed by atoms with Gasteiger partial charge in [-0.05, 0) is 44.5 Å². The molecule has 0 bridgehead atoms. The number of nitrogens with zero attached hydrogens (tertiary/aromatic N) is 2. The van der Waals surface area contributed by atoms with Crippen LogP contribution in [0, 0.1) is 13.8 Å². The second-order valence-corrected chi connectivity index (χ2v) is 8.71. The van der Waals surface area contributed by atoms with Crippen molar-refractivity contribution in [1.29, 1.82) is 0 Å². The van der Waals surface area contributed by atoms with E-state index in [1.54, 1.807) is 43.0 Å². The monoisotopic (exact) mass is 407 g/mol. The van der Waals surface area contributed by atoms with E-state index in [4.69, 9.17) is 16.3 Å². The molecule has 0 fully saturated rings. The summed E-state index contributed by atoms with van der Waals surface area (Å²) in [6, 6.07) is 5.11. The quantitative estimate of drug-likeness (QED) is 0.471. The van der Waals surface area contributed by atoms with Crippen LogP contribution in [0.4, 0.5) is 5.69 Å². The van der Waals surface area contributed by atoms with Crippen molar-refractivity contribution in [2.24, 2.45) is 0 Å². The number of thiophene rings is 1. The molecule has 5 nitrogen and oxygen atoms in total. The highest BCUT2D eigenvalue weighted by molar-refractivity contribution is 8.00. The molecular formula is C18H18ClN3O2S2. The SMILES string of the molecule is COc1ccc(Cl)cc1NC(=O)C(C)Sc1ncnc2sc(C)c(C)c12. The Morgan fingerprint density at radius 2 is 2.12 bits per heavy atom. The van der Waals surface area contributed by atoms with Crippen molar-refractivity contribution >= 4 is 56.5 Å². The van der Waals surface area contributed by atoms with Crippen LogP contribution >= 0.6 is 34.7 Å². The molecule has 26 heavy (non-hydrogen) atoms. The van der Waals surface area contributed by atoms with Crippen molar-refractivity contribution in [3.8, 4) is 5.75 Å². The highest BCUT2D eigenvalue weighted by Crippen LogP contribution is 2.36. The third kappa shape index (κ3) is 3.79. The molecule has 0 saturated heterocycles. The lowest BCUT2D eigenvalue weighted by Gasteiger charge is -2.14. The van der Waals surface area contributed by atoms with Crippen molar-refractivity contribution < 1.29 is 9.53 Å². The maximum atomic E-state index is 12.7. The third-order valence-corrected chi connectivity index (χ3v) is 6.46. The molecule has 8 heteroatoms. The molecule has 0 aliphatic rings. The number of carbonyl (C=O) groups is 1. The maximum absolute atomic E-state index is 12.7. The number of anilines is 1. The number of aryl methyl sites for hydroxylation is 2. The summed E-state index contributed by atoms with van der Waals surface area (Å²) in [5.74, 6) is 0.417. The number of thioether (sulfide) groups is 1. The van der Waals surface area contributed by atoms with E-state index in [-0.39, 0.29) is 11.2 Å². The Morgan fingerprint density at radius 3 is 2.85 bits per heavy atom. The van der Waals surface area contributed by atoms with Crippen molar-refractivity contribution in [3.63, 3.8) is 0 Å². The van der Waals surface area contributed by atoms with Gasteiger partial charge in [-0.3, -0.25) is 4.79 Å². The molecule has 1 amide bonds. The van der Waals surface area contributed by atoms with Gasteiger partial charge in [-0.1, -0.05) is 23.4 Å². The van der Waals surface area contributed by atoms with Gasteiger partial charge in [0.2, 0.25) is 5.91 Å². The van der Waals surface area contributed by atoms with Crippen LogP contribution in [0.15, 0.2) is 29.6 Å². The second kappa shape index (κ2) is 7.82. The largest absolute Gasteiger partial charge is 0.495 e. The molecule has 1 aromatic carbocycles. The number of nitrogens with one attached hydrogen (secondary N) is 1. The first-order chi connectivity index (χ1) is 12.4. The summed E-state index contributed by atoms with van der Waals surface area (Å²) in [6.45, 7) is 5.97. The first-order valence-corrected chi connectivity index (χ1v) is 10.00. The van der Waals surface area contributed by atoms with Gasteiger partial charge in [-0.15, -0.1) is 11.3 Å². The molecule has 1 N–H and O–H groups in total.